The molecule has 0 aromatic heterocycles. The van der Waals surface area contributed by atoms with Crippen molar-refractivity contribution in [2.75, 3.05) is 0 Å². The molecule has 0 radical (unpaired) electrons. The highest BCUT2D eigenvalue weighted by molar-refractivity contribution is 5.96. The number of carbonyl (C=O) groups excluding carboxylic acids is 3. The number of nitrogens with one attached hydrogen (secondary N) is 1. The van der Waals surface area contributed by atoms with E-state index in [0.29, 0.717) is 19.3 Å². The standard InChI is InChI=1S/C33H27NO7/c1-4-7-8-9-10-11-12-13-14-15-16-17-18-19-20-21-30(35)34-27(33(38)39)24-26-22-23-28(40-31(36)5-2)29(25-26)41-32(37)6-3/h26-29H,5-6,22-25H2,1-3H3,(H,34,35)(H,38,39)/t26?,27-,28?,29?/m0/s1. The second-order valence-corrected chi connectivity index (χ2v) is 8.17. The topological polar surface area (TPSA) is 119 Å². The van der Waals surface area contributed by atoms with Gasteiger partial charge in [0, 0.05) is 18.8 Å². The molecule has 8 nitrogen and oxygen atoms in total. The molecule has 1 rings (SSSR count). The molecular formula is C33H27NO7. The SMILES string of the molecule is CC#CC#CC#CC#CC#CC#CC#CC#CC(=O)N[C@@H](CC1CCC(OC(=O)CC)C(OC(=O)CC)C1)C(=O)O. The summed E-state index contributed by atoms with van der Waals surface area (Å²) in [6.45, 7) is 4.98. The summed E-state index contributed by atoms with van der Waals surface area (Å²) in [5.74, 6) is 36.0. The molecule has 206 valence electrons. The van der Waals surface area contributed by atoms with E-state index >= 15 is 0 Å². The van der Waals surface area contributed by atoms with Gasteiger partial charge in [-0.3, -0.25) is 14.4 Å². The molecule has 0 saturated heterocycles. The van der Waals surface area contributed by atoms with Gasteiger partial charge in [0.1, 0.15) is 18.2 Å². The van der Waals surface area contributed by atoms with Crippen molar-refractivity contribution in [3.63, 3.8) is 0 Å². The minimum Gasteiger partial charge on any atom is -0.480 e. The first kappa shape index (κ1) is 33.4. The number of hydrogen-bond acceptors (Lipinski definition) is 6. The van der Waals surface area contributed by atoms with E-state index in [1.165, 1.54) is 0 Å². The van der Waals surface area contributed by atoms with Crippen LogP contribution in [0.1, 0.15) is 59.3 Å². The number of carbonyl (C=O) groups is 4. The van der Waals surface area contributed by atoms with Crippen LogP contribution in [0, 0.1) is 101 Å². The summed E-state index contributed by atoms with van der Waals surface area (Å²) >= 11 is 0. The Morgan fingerprint density at radius 1 is 0.732 bits per heavy atom. The summed E-state index contributed by atoms with van der Waals surface area (Å²) in [5.41, 5.74) is 0. The van der Waals surface area contributed by atoms with Gasteiger partial charge in [-0.25, -0.2) is 4.79 Å². The molecule has 0 aliphatic heterocycles. The van der Waals surface area contributed by atoms with E-state index in [1.807, 2.05) is 0 Å². The third-order valence-corrected chi connectivity index (χ3v) is 5.27. The number of amides is 1. The van der Waals surface area contributed by atoms with E-state index in [4.69, 9.17) is 9.47 Å². The van der Waals surface area contributed by atoms with Crippen LogP contribution in [0.2, 0.25) is 0 Å². The fourth-order valence-electron chi connectivity index (χ4n) is 3.44. The van der Waals surface area contributed by atoms with Crippen LogP contribution in [-0.4, -0.2) is 47.2 Å². The van der Waals surface area contributed by atoms with E-state index in [9.17, 15) is 24.3 Å². The second kappa shape index (κ2) is 20.3. The molecule has 1 amide bonds. The number of carboxylic acids is 1. The maximum Gasteiger partial charge on any atom is 0.326 e. The zero-order chi connectivity index (χ0) is 30.3. The average Bonchev–Trinajstić information content (AvgIpc) is 2.95. The lowest BCUT2D eigenvalue weighted by molar-refractivity contribution is -0.173. The molecule has 0 spiro atoms. The minimum absolute atomic E-state index is 0.0859. The van der Waals surface area contributed by atoms with Gasteiger partial charge in [-0.05, 0) is 121 Å². The molecule has 1 saturated carbocycles. The number of aliphatic carboxylic acids is 1. The number of rotatable bonds is 8. The highest BCUT2D eigenvalue weighted by Crippen LogP contribution is 2.32. The van der Waals surface area contributed by atoms with Crippen LogP contribution in [0.25, 0.3) is 0 Å². The summed E-state index contributed by atoms with van der Waals surface area (Å²) < 4.78 is 10.9. The van der Waals surface area contributed by atoms with Crippen molar-refractivity contribution in [3.8, 4) is 94.7 Å². The zero-order valence-corrected chi connectivity index (χ0v) is 22.9. The fourth-order valence-corrected chi connectivity index (χ4v) is 3.44. The van der Waals surface area contributed by atoms with Gasteiger partial charge < -0.3 is 19.9 Å². The van der Waals surface area contributed by atoms with Crippen molar-refractivity contribution < 1.29 is 33.8 Å². The highest BCUT2D eigenvalue weighted by Gasteiger charge is 2.37. The Morgan fingerprint density at radius 2 is 1.20 bits per heavy atom. The van der Waals surface area contributed by atoms with Crippen molar-refractivity contribution >= 4 is 23.8 Å². The third-order valence-electron chi connectivity index (χ3n) is 5.27. The molecule has 1 fully saturated rings. The third kappa shape index (κ3) is 15.4. The lowest BCUT2D eigenvalue weighted by Gasteiger charge is -2.36. The first-order valence-corrected chi connectivity index (χ1v) is 12.7. The van der Waals surface area contributed by atoms with Gasteiger partial charge in [-0.1, -0.05) is 19.8 Å². The molecule has 4 atom stereocenters. The normalized spacial score (nSPS) is 16.2. The van der Waals surface area contributed by atoms with E-state index in [-0.39, 0.29) is 25.2 Å². The minimum atomic E-state index is -1.23. The van der Waals surface area contributed by atoms with Gasteiger partial charge in [-0.15, -0.1) is 0 Å². The monoisotopic (exact) mass is 549 g/mol. The molecule has 1 aliphatic rings. The van der Waals surface area contributed by atoms with Gasteiger partial charge in [0.2, 0.25) is 0 Å². The maximum atomic E-state index is 12.1. The van der Waals surface area contributed by atoms with Gasteiger partial charge in [0.25, 0.3) is 5.91 Å². The van der Waals surface area contributed by atoms with Crippen LogP contribution >= 0.6 is 0 Å². The second-order valence-electron chi connectivity index (χ2n) is 8.17. The van der Waals surface area contributed by atoms with Gasteiger partial charge in [0.15, 0.2) is 0 Å². The van der Waals surface area contributed by atoms with E-state index < -0.39 is 42.1 Å². The van der Waals surface area contributed by atoms with E-state index in [1.54, 1.807) is 20.8 Å². The predicted octanol–water partition coefficient (Wildman–Crippen LogP) is 1.44. The number of hydrogen-bond donors (Lipinski definition) is 2. The molecule has 0 aromatic rings. The van der Waals surface area contributed by atoms with Gasteiger partial charge in [-0.2, -0.15) is 0 Å². The molecule has 0 bridgehead atoms. The van der Waals surface area contributed by atoms with Crippen molar-refractivity contribution in [2.24, 2.45) is 5.92 Å². The van der Waals surface area contributed by atoms with Crippen LogP contribution in [0.4, 0.5) is 0 Å². The quantitative estimate of drug-likeness (QED) is 0.347. The highest BCUT2D eigenvalue weighted by atomic mass is 16.6. The average molecular weight is 550 g/mol. The van der Waals surface area contributed by atoms with Crippen LogP contribution in [0.5, 0.6) is 0 Å². The largest absolute Gasteiger partial charge is 0.480 e. The molecule has 1 aliphatic carbocycles. The summed E-state index contributed by atoms with van der Waals surface area (Å²) in [7, 11) is 0. The van der Waals surface area contributed by atoms with Crippen LogP contribution in [0.3, 0.4) is 0 Å². The van der Waals surface area contributed by atoms with Crippen molar-refractivity contribution in [1.29, 1.82) is 0 Å². The van der Waals surface area contributed by atoms with Crippen LogP contribution < -0.4 is 5.32 Å². The van der Waals surface area contributed by atoms with Crippen LogP contribution in [0.15, 0.2) is 0 Å². The Labute approximate surface area is 241 Å². The van der Waals surface area contributed by atoms with Crippen molar-refractivity contribution in [1.82, 2.24) is 5.32 Å². The van der Waals surface area contributed by atoms with E-state index in [2.05, 4.69) is 100 Å². The summed E-state index contributed by atoms with van der Waals surface area (Å²) in [6.07, 6.45) is 0.384. The first-order valence-electron chi connectivity index (χ1n) is 12.7. The summed E-state index contributed by atoms with van der Waals surface area (Å²) in [6, 6.07) is -1.22. The summed E-state index contributed by atoms with van der Waals surface area (Å²) in [5, 5.41) is 12.0. The number of esters is 2. The first-order chi connectivity index (χ1) is 19.8. The predicted molar refractivity (Wildman–Crippen MR) is 150 cm³/mol. The summed E-state index contributed by atoms with van der Waals surface area (Å²) in [4.78, 5) is 47.6. The lowest BCUT2D eigenvalue weighted by atomic mass is 9.81. The Balaban J connectivity index is 2.69. The molecule has 3 unspecified atom stereocenters. The van der Waals surface area contributed by atoms with E-state index in [0.717, 1.165) is 0 Å². The molecule has 0 heterocycles. The van der Waals surface area contributed by atoms with Gasteiger partial charge >= 0.3 is 17.9 Å². The van der Waals surface area contributed by atoms with Crippen LogP contribution in [-0.2, 0) is 28.7 Å². The molecule has 0 aromatic carbocycles. The number of carboxylic acid groups (broad SMARTS) is 1. The molecule has 2 N–H and O–H groups in total. The van der Waals surface area contributed by atoms with Gasteiger partial charge in [0.05, 0.1) is 0 Å². The molecular weight excluding hydrogens is 522 g/mol. The smallest absolute Gasteiger partial charge is 0.326 e. The lowest BCUT2D eigenvalue weighted by Crippen LogP contribution is -2.45. The Bertz CT molecular complexity index is 1510. The maximum absolute atomic E-state index is 12.1. The molecule has 8 heteroatoms. The van der Waals surface area contributed by atoms with Crippen molar-refractivity contribution in [3.05, 3.63) is 0 Å². The van der Waals surface area contributed by atoms with Crippen molar-refractivity contribution in [2.45, 2.75) is 77.5 Å². The zero-order valence-electron chi connectivity index (χ0n) is 22.9. The number of ether oxygens (including phenoxy) is 2. The Morgan fingerprint density at radius 3 is 1.66 bits per heavy atom. The fraction of sp³-hybridized carbons (Fsp3) is 0.394. The molecule has 41 heavy (non-hydrogen) atoms. The Hall–Kier alpha value is -5.64. The Kier molecular flexibility index (Phi) is 16.6.